The van der Waals surface area contributed by atoms with Gasteiger partial charge in [-0.1, -0.05) is 23.3 Å². The smallest absolute Gasteiger partial charge is 0.128 e. The Bertz CT molecular complexity index is 156. The molecule has 0 aromatic carbocycles. The first-order valence-corrected chi connectivity index (χ1v) is 3.05. The molecule has 0 N–H and O–H groups in total. The highest BCUT2D eigenvalue weighted by atomic mass is 35.5. The lowest BCUT2D eigenvalue weighted by molar-refractivity contribution is 1.43. The zero-order valence-corrected chi connectivity index (χ0v) is 6.44. The summed E-state index contributed by atoms with van der Waals surface area (Å²) in [6.07, 6.45) is 3.71. The third-order valence-corrected chi connectivity index (χ3v) is 1.18. The van der Waals surface area contributed by atoms with Crippen molar-refractivity contribution in [3.05, 3.63) is 22.9 Å². The van der Waals surface area contributed by atoms with Crippen LogP contribution in [-0.2, 0) is 0 Å². The van der Waals surface area contributed by atoms with E-state index in [1.165, 1.54) is 0 Å². The summed E-state index contributed by atoms with van der Waals surface area (Å²) >= 11 is 5.53. The van der Waals surface area contributed by atoms with Crippen molar-refractivity contribution in [3.63, 3.8) is 0 Å². The van der Waals surface area contributed by atoms with Gasteiger partial charge < -0.3 is 0 Å². The molecule has 2 heteroatoms. The van der Waals surface area contributed by atoms with Gasteiger partial charge >= 0.3 is 0 Å². The normalized spacial score (nSPS) is 13.7. The van der Waals surface area contributed by atoms with Crippen LogP contribution >= 0.6 is 11.6 Å². The highest BCUT2D eigenvalue weighted by Crippen LogP contribution is 2.05. The van der Waals surface area contributed by atoms with Gasteiger partial charge in [-0.3, -0.25) is 4.99 Å². The van der Waals surface area contributed by atoms with E-state index in [0.717, 1.165) is 5.57 Å². The lowest BCUT2D eigenvalue weighted by Crippen LogP contribution is -1.67. The van der Waals surface area contributed by atoms with E-state index in [1.807, 2.05) is 19.9 Å². The molecule has 9 heavy (non-hydrogen) atoms. The average molecular weight is 144 g/mol. The van der Waals surface area contributed by atoms with Crippen LogP contribution in [0.3, 0.4) is 0 Å². The lowest BCUT2D eigenvalue weighted by Gasteiger charge is -1.87. The standard InChI is InChI=1S/C7H10ClN/c1-4-6(2)5-7(8)9-3/h4-5H,3H2,1-2H3/b6-4-,7-5-. The molecule has 1 nitrogen and oxygen atoms in total. The molecule has 0 saturated carbocycles. The van der Waals surface area contributed by atoms with Crippen molar-refractivity contribution in [2.75, 3.05) is 0 Å². The van der Waals surface area contributed by atoms with Crippen LogP contribution in [0.5, 0.6) is 0 Å². The molecule has 0 aliphatic rings. The van der Waals surface area contributed by atoms with Crippen molar-refractivity contribution in [2.45, 2.75) is 13.8 Å². The summed E-state index contributed by atoms with van der Waals surface area (Å²) in [4.78, 5) is 3.51. The van der Waals surface area contributed by atoms with E-state index >= 15 is 0 Å². The molecule has 0 radical (unpaired) electrons. The predicted molar refractivity (Wildman–Crippen MR) is 42.9 cm³/mol. The quantitative estimate of drug-likeness (QED) is 0.320. The molecule has 0 unspecified atom stereocenters. The van der Waals surface area contributed by atoms with Gasteiger partial charge in [0.25, 0.3) is 0 Å². The fourth-order valence-corrected chi connectivity index (χ4v) is 0.489. The Hall–Kier alpha value is -0.560. The molecular weight excluding hydrogens is 134 g/mol. The molecule has 0 heterocycles. The summed E-state index contributed by atoms with van der Waals surface area (Å²) in [5, 5.41) is 0.436. The molecule has 0 aliphatic heterocycles. The number of halogens is 1. The van der Waals surface area contributed by atoms with Gasteiger partial charge in [0.05, 0.1) is 0 Å². The topological polar surface area (TPSA) is 12.4 Å². The maximum absolute atomic E-state index is 5.53. The fraction of sp³-hybridized carbons (Fsp3) is 0.286. The van der Waals surface area contributed by atoms with Crippen molar-refractivity contribution in [2.24, 2.45) is 4.99 Å². The first-order valence-electron chi connectivity index (χ1n) is 2.67. The van der Waals surface area contributed by atoms with Gasteiger partial charge in [-0.25, -0.2) is 0 Å². The van der Waals surface area contributed by atoms with Gasteiger partial charge in [0, 0.05) is 0 Å². The lowest BCUT2D eigenvalue weighted by atomic mass is 10.3. The minimum absolute atomic E-state index is 0.436. The third kappa shape index (κ3) is 3.98. The third-order valence-electron chi connectivity index (χ3n) is 0.953. The van der Waals surface area contributed by atoms with Crippen molar-refractivity contribution in [1.82, 2.24) is 0 Å². The zero-order valence-electron chi connectivity index (χ0n) is 5.69. The van der Waals surface area contributed by atoms with E-state index in [-0.39, 0.29) is 0 Å². The summed E-state index contributed by atoms with van der Waals surface area (Å²) in [6.45, 7) is 7.17. The van der Waals surface area contributed by atoms with Crippen LogP contribution < -0.4 is 0 Å². The van der Waals surface area contributed by atoms with Crippen LogP contribution in [0.4, 0.5) is 0 Å². The highest BCUT2D eigenvalue weighted by Gasteiger charge is 1.83. The summed E-state index contributed by atoms with van der Waals surface area (Å²) in [5.74, 6) is 0. The number of hydrogen-bond acceptors (Lipinski definition) is 1. The molecule has 0 aromatic rings. The van der Waals surface area contributed by atoms with Crippen LogP contribution in [0.25, 0.3) is 0 Å². The Balaban J connectivity index is 4.11. The second kappa shape index (κ2) is 4.33. The van der Waals surface area contributed by atoms with Crippen LogP contribution in [0.1, 0.15) is 13.8 Å². The molecule has 0 aliphatic carbocycles. The minimum atomic E-state index is 0.436. The molecule has 0 aromatic heterocycles. The Labute approximate surface area is 60.7 Å². The zero-order chi connectivity index (χ0) is 7.28. The Morgan fingerprint density at radius 2 is 2.22 bits per heavy atom. The number of rotatable bonds is 2. The number of allylic oxidation sites excluding steroid dienone is 3. The largest absolute Gasteiger partial charge is 0.252 e. The molecule has 0 amide bonds. The van der Waals surface area contributed by atoms with E-state index in [1.54, 1.807) is 6.08 Å². The molecule has 0 bridgehead atoms. The second-order valence-electron chi connectivity index (χ2n) is 1.66. The van der Waals surface area contributed by atoms with E-state index in [4.69, 9.17) is 11.6 Å². The number of hydrogen-bond donors (Lipinski definition) is 0. The van der Waals surface area contributed by atoms with Gasteiger partial charge in [0.15, 0.2) is 0 Å². The molecule has 0 atom stereocenters. The molecule has 0 spiro atoms. The van der Waals surface area contributed by atoms with Crippen molar-refractivity contribution in [1.29, 1.82) is 0 Å². The van der Waals surface area contributed by atoms with Gasteiger partial charge in [0.1, 0.15) is 5.16 Å². The van der Waals surface area contributed by atoms with Gasteiger partial charge in [0.2, 0.25) is 0 Å². The fourth-order valence-electron chi connectivity index (χ4n) is 0.317. The first-order chi connectivity index (χ1) is 4.20. The summed E-state index contributed by atoms with van der Waals surface area (Å²) in [7, 11) is 0. The van der Waals surface area contributed by atoms with Gasteiger partial charge in [-0.2, -0.15) is 0 Å². The van der Waals surface area contributed by atoms with Crippen molar-refractivity contribution < 1.29 is 0 Å². The minimum Gasteiger partial charge on any atom is -0.252 e. The van der Waals surface area contributed by atoms with Crippen LogP contribution in [-0.4, -0.2) is 6.72 Å². The summed E-state index contributed by atoms with van der Waals surface area (Å²) in [5.41, 5.74) is 1.09. The molecule has 0 saturated heterocycles. The van der Waals surface area contributed by atoms with E-state index < -0.39 is 0 Å². The monoisotopic (exact) mass is 143 g/mol. The second-order valence-corrected chi connectivity index (χ2v) is 2.05. The van der Waals surface area contributed by atoms with E-state index in [9.17, 15) is 0 Å². The molecular formula is C7H10ClN. The Morgan fingerprint density at radius 1 is 1.67 bits per heavy atom. The van der Waals surface area contributed by atoms with E-state index in [0.29, 0.717) is 5.16 Å². The van der Waals surface area contributed by atoms with Crippen molar-refractivity contribution in [3.8, 4) is 0 Å². The molecule has 50 valence electrons. The summed E-state index contributed by atoms with van der Waals surface area (Å²) < 4.78 is 0. The average Bonchev–Trinajstić information content (AvgIpc) is 1.87. The van der Waals surface area contributed by atoms with Crippen LogP contribution in [0.2, 0.25) is 0 Å². The predicted octanol–water partition coefficient (Wildman–Crippen LogP) is 2.73. The van der Waals surface area contributed by atoms with Crippen LogP contribution in [0, 0.1) is 0 Å². The Morgan fingerprint density at radius 3 is 2.56 bits per heavy atom. The Kier molecular flexibility index (Phi) is 4.06. The first kappa shape index (κ1) is 8.44. The number of nitrogens with zero attached hydrogens (tertiary/aromatic N) is 1. The van der Waals surface area contributed by atoms with Crippen LogP contribution in [0.15, 0.2) is 27.9 Å². The molecule has 0 rings (SSSR count). The maximum Gasteiger partial charge on any atom is 0.128 e. The molecule has 0 fully saturated rings. The SMILES string of the molecule is C=N/C(Cl)=C\C(C)=C/C. The summed E-state index contributed by atoms with van der Waals surface area (Å²) in [6, 6.07) is 0. The van der Waals surface area contributed by atoms with Gasteiger partial charge in [-0.15, -0.1) is 0 Å². The van der Waals surface area contributed by atoms with Gasteiger partial charge in [-0.05, 0) is 26.6 Å². The van der Waals surface area contributed by atoms with E-state index in [2.05, 4.69) is 11.7 Å². The van der Waals surface area contributed by atoms with Crippen molar-refractivity contribution >= 4 is 18.3 Å². The maximum atomic E-state index is 5.53. The number of aliphatic imine (C=N–C) groups is 1. The highest BCUT2D eigenvalue weighted by molar-refractivity contribution is 6.29.